The van der Waals surface area contributed by atoms with Crippen molar-refractivity contribution in [2.45, 2.75) is 77.4 Å². The minimum atomic E-state index is -0.515. The molecule has 2 amide bonds. The lowest BCUT2D eigenvalue weighted by Gasteiger charge is -2.31. The number of hydrogen-bond acceptors (Lipinski definition) is 3. The molecule has 1 fully saturated rings. The Bertz CT molecular complexity index is 862. The summed E-state index contributed by atoms with van der Waals surface area (Å²) in [5.41, 5.74) is 2.19. The molecule has 0 radical (unpaired) electrons. The van der Waals surface area contributed by atoms with E-state index in [1.165, 1.54) is 6.42 Å². The van der Waals surface area contributed by atoms with Gasteiger partial charge >= 0.3 is 0 Å². The van der Waals surface area contributed by atoms with Gasteiger partial charge < -0.3 is 15.0 Å². The van der Waals surface area contributed by atoms with E-state index in [9.17, 15) is 9.59 Å². The maximum absolute atomic E-state index is 13.2. The summed E-state index contributed by atoms with van der Waals surface area (Å²) in [4.78, 5) is 27.9. The van der Waals surface area contributed by atoms with Gasteiger partial charge in [0.25, 0.3) is 0 Å². The van der Waals surface area contributed by atoms with Crippen LogP contribution < -0.4 is 10.1 Å². The fourth-order valence-corrected chi connectivity index (χ4v) is 4.20. The van der Waals surface area contributed by atoms with Gasteiger partial charge in [0.2, 0.25) is 11.8 Å². The molecule has 0 spiro atoms. The molecular weight excluding hydrogens is 400 g/mol. The third-order valence-electron chi connectivity index (χ3n) is 6.27. The van der Waals surface area contributed by atoms with Crippen LogP contribution in [0.5, 0.6) is 5.75 Å². The van der Waals surface area contributed by atoms with Crippen molar-refractivity contribution in [2.75, 3.05) is 6.61 Å². The molecule has 2 aromatic rings. The molecule has 1 N–H and O–H groups in total. The predicted octanol–water partition coefficient (Wildman–Crippen LogP) is 5.02. The lowest BCUT2D eigenvalue weighted by Crippen LogP contribution is -2.50. The van der Waals surface area contributed by atoms with Crippen molar-refractivity contribution in [1.82, 2.24) is 10.2 Å². The van der Waals surface area contributed by atoms with Crippen molar-refractivity contribution in [3.63, 3.8) is 0 Å². The van der Waals surface area contributed by atoms with Gasteiger partial charge in [-0.2, -0.15) is 0 Å². The van der Waals surface area contributed by atoms with Crippen LogP contribution in [0.3, 0.4) is 0 Å². The van der Waals surface area contributed by atoms with Crippen LogP contribution in [0.15, 0.2) is 54.6 Å². The molecule has 1 atom stereocenters. The summed E-state index contributed by atoms with van der Waals surface area (Å²) < 4.78 is 5.73. The first kappa shape index (κ1) is 23.8. The van der Waals surface area contributed by atoms with E-state index in [1.807, 2.05) is 68.4 Å². The van der Waals surface area contributed by atoms with E-state index in [-0.39, 0.29) is 17.9 Å². The van der Waals surface area contributed by atoms with E-state index in [1.54, 1.807) is 4.90 Å². The van der Waals surface area contributed by atoms with Gasteiger partial charge in [-0.15, -0.1) is 0 Å². The first-order valence-electron chi connectivity index (χ1n) is 11.9. The first-order valence-corrected chi connectivity index (χ1v) is 11.9. The molecular formula is C27H36N2O3. The Balaban J connectivity index is 1.61. The average Bonchev–Trinajstić information content (AvgIpc) is 2.82. The van der Waals surface area contributed by atoms with Gasteiger partial charge in [-0.3, -0.25) is 9.59 Å². The number of ether oxygens (including phenoxy) is 1. The monoisotopic (exact) mass is 436 g/mol. The zero-order valence-corrected chi connectivity index (χ0v) is 19.4. The minimum Gasteiger partial charge on any atom is -0.494 e. The zero-order chi connectivity index (χ0) is 22.8. The second kappa shape index (κ2) is 12.3. The second-order valence-corrected chi connectivity index (χ2v) is 8.73. The van der Waals surface area contributed by atoms with Crippen LogP contribution in [0.1, 0.15) is 63.0 Å². The third-order valence-corrected chi connectivity index (χ3v) is 6.27. The highest BCUT2D eigenvalue weighted by Gasteiger charge is 2.28. The standard InChI is InChI=1S/C27H36N2O3/c1-21-12-9-10-13-23(21)20-29(22(2)27(31)28-24-14-5-3-6-15-24)26(30)18-11-19-32-25-16-7-4-8-17-25/h4,7-10,12-13,16-17,22,24H,3,5-6,11,14-15,18-20H2,1-2H3,(H,28,31). The summed E-state index contributed by atoms with van der Waals surface area (Å²) in [6.07, 6.45) is 6.57. The van der Waals surface area contributed by atoms with Crippen LogP contribution in [-0.2, 0) is 16.1 Å². The van der Waals surface area contributed by atoms with Crippen molar-refractivity contribution >= 4 is 11.8 Å². The largest absolute Gasteiger partial charge is 0.494 e. The minimum absolute atomic E-state index is 0.0174. The van der Waals surface area contributed by atoms with Gasteiger partial charge in [0.05, 0.1) is 6.61 Å². The van der Waals surface area contributed by atoms with Crippen LogP contribution in [-0.4, -0.2) is 35.4 Å². The summed E-state index contributed by atoms with van der Waals surface area (Å²) in [5, 5.41) is 3.19. The number of carbonyl (C=O) groups excluding carboxylic acids is 2. The Morgan fingerprint density at radius 2 is 1.72 bits per heavy atom. The van der Waals surface area contributed by atoms with E-state index in [2.05, 4.69) is 5.32 Å². The van der Waals surface area contributed by atoms with Crippen molar-refractivity contribution in [3.05, 3.63) is 65.7 Å². The number of nitrogens with one attached hydrogen (secondary N) is 1. The molecule has 0 aromatic heterocycles. The van der Waals surface area contributed by atoms with Gasteiger partial charge in [0.15, 0.2) is 0 Å². The van der Waals surface area contributed by atoms with E-state index in [4.69, 9.17) is 4.74 Å². The lowest BCUT2D eigenvalue weighted by molar-refractivity contribution is -0.141. The Kier molecular flexibility index (Phi) is 9.14. The van der Waals surface area contributed by atoms with E-state index in [0.29, 0.717) is 26.0 Å². The van der Waals surface area contributed by atoms with Crippen LogP contribution in [0.2, 0.25) is 0 Å². The highest BCUT2D eigenvalue weighted by atomic mass is 16.5. The molecule has 3 rings (SSSR count). The maximum atomic E-state index is 13.2. The van der Waals surface area contributed by atoms with E-state index in [0.717, 1.165) is 42.6 Å². The highest BCUT2D eigenvalue weighted by Crippen LogP contribution is 2.19. The lowest BCUT2D eigenvalue weighted by atomic mass is 9.95. The van der Waals surface area contributed by atoms with Crippen LogP contribution in [0.4, 0.5) is 0 Å². The number of carbonyl (C=O) groups is 2. The van der Waals surface area contributed by atoms with Gasteiger partial charge in [-0.1, -0.05) is 61.7 Å². The Morgan fingerprint density at radius 3 is 2.44 bits per heavy atom. The second-order valence-electron chi connectivity index (χ2n) is 8.73. The summed E-state index contributed by atoms with van der Waals surface area (Å²) in [6, 6.07) is 17.4. The number of aryl methyl sites for hydroxylation is 1. The molecule has 0 aliphatic heterocycles. The summed E-state index contributed by atoms with van der Waals surface area (Å²) in [5.74, 6) is 0.729. The van der Waals surface area contributed by atoms with Crippen LogP contribution >= 0.6 is 0 Å². The van der Waals surface area contributed by atoms with Crippen molar-refractivity contribution in [2.24, 2.45) is 0 Å². The molecule has 1 aliphatic rings. The maximum Gasteiger partial charge on any atom is 0.242 e. The van der Waals surface area contributed by atoms with E-state index < -0.39 is 6.04 Å². The topological polar surface area (TPSA) is 58.6 Å². The normalized spacial score (nSPS) is 15.1. The zero-order valence-electron chi connectivity index (χ0n) is 19.4. The SMILES string of the molecule is Cc1ccccc1CN(C(=O)CCCOc1ccccc1)C(C)C(=O)NC1CCCCC1. The number of nitrogens with zero attached hydrogens (tertiary/aromatic N) is 1. The molecule has 1 aliphatic carbocycles. The van der Waals surface area contributed by atoms with Crippen LogP contribution in [0.25, 0.3) is 0 Å². The van der Waals surface area contributed by atoms with E-state index >= 15 is 0 Å². The summed E-state index contributed by atoms with van der Waals surface area (Å²) in [7, 11) is 0. The first-order chi connectivity index (χ1) is 15.5. The smallest absolute Gasteiger partial charge is 0.242 e. The van der Waals surface area contributed by atoms with Gasteiger partial charge in [-0.25, -0.2) is 0 Å². The molecule has 1 saturated carbocycles. The van der Waals surface area contributed by atoms with Crippen LogP contribution in [0, 0.1) is 6.92 Å². The fourth-order valence-electron chi connectivity index (χ4n) is 4.20. The third kappa shape index (κ3) is 7.11. The number of rotatable bonds is 10. The summed E-state index contributed by atoms with van der Waals surface area (Å²) >= 11 is 0. The molecule has 0 bridgehead atoms. The Hall–Kier alpha value is -2.82. The van der Waals surface area contributed by atoms with Gasteiger partial charge in [0, 0.05) is 19.0 Å². The number of hydrogen-bond donors (Lipinski definition) is 1. The molecule has 1 unspecified atom stereocenters. The predicted molar refractivity (Wildman–Crippen MR) is 127 cm³/mol. The van der Waals surface area contributed by atoms with Crippen molar-refractivity contribution in [1.29, 1.82) is 0 Å². The molecule has 0 heterocycles. The molecule has 5 heteroatoms. The molecule has 32 heavy (non-hydrogen) atoms. The molecule has 5 nitrogen and oxygen atoms in total. The highest BCUT2D eigenvalue weighted by molar-refractivity contribution is 5.87. The number of para-hydroxylation sites is 1. The van der Waals surface area contributed by atoms with Gasteiger partial charge in [0.1, 0.15) is 11.8 Å². The van der Waals surface area contributed by atoms with Gasteiger partial charge in [-0.05, 0) is 56.4 Å². The molecule has 0 saturated heterocycles. The summed E-state index contributed by atoms with van der Waals surface area (Å²) in [6.45, 7) is 4.79. The Labute approximate surface area is 192 Å². The average molecular weight is 437 g/mol. The molecule has 2 aromatic carbocycles. The number of amides is 2. The van der Waals surface area contributed by atoms with Crippen molar-refractivity contribution in [3.8, 4) is 5.75 Å². The molecule has 172 valence electrons. The number of benzene rings is 2. The van der Waals surface area contributed by atoms with Crippen molar-refractivity contribution < 1.29 is 14.3 Å². The fraction of sp³-hybridized carbons (Fsp3) is 0.481. The Morgan fingerprint density at radius 1 is 1.03 bits per heavy atom. The quantitative estimate of drug-likeness (QED) is 0.532.